The average Bonchev–Trinajstić information content (AvgIpc) is 2.49. The number of rotatable bonds is 6. The molecule has 102 valence electrons. The SMILES string of the molecule is CCOc1ncccc1C(=O)CC(=O)c1cccnc1. The molecule has 0 atom stereocenters. The molecule has 0 bridgehead atoms. The Bertz CT molecular complexity index is 612. The Labute approximate surface area is 116 Å². The maximum Gasteiger partial charge on any atom is 0.224 e. The second-order valence-corrected chi connectivity index (χ2v) is 4.05. The predicted octanol–water partition coefficient (Wildman–Crippen LogP) is 2.33. The maximum atomic E-state index is 12.2. The van der Waals surface area contributed by atoms with E-state index in [-0.39, 0.29) is 23.9 Å². The molecule has 5 heteroatoms. The number of carbonyl (C=O) groups is 2. The van der Waals surface area contributed by atoms with Crippen LogP contribution in [0.1, 0.15) is 34.1 Å². The van der Waals surface area contributed by atoms with E-state index in [1.807, 2.05) is 6.92 Å². The van der Waals surface area contributed by atoms with Crippen LogP contribution < -0.4 is 4.74 Å². The molecule has 2 heterocycles. The molecule has 0 radical (unpaired) electrons. The molecule has 2 rings (SSSR count). The minimum absolute atomic E-state index is 0.225. The van der Waals surface area contributed by atoms with Crippen LogP contribution in [-0.2, 0) is 0 Å². The molecule has 0 unspecified atom stereocenters. The Morgan fingerprint density at radius 1 is 1.15 bits per heavy atom. The van der Waals surface area contributed by atoms with Crippen molar-refractivity contribution in [2.45, 2.75) is 13.3 Å². The monoisotopic (exact) mass is 270 g/mol. The summed E-state index contributed by atoms with van der Waals surface area (Å²) in [6, 6.07) is 6.55. The van der Waals surface area contributed by atoms with Crippen LogP contribution in [0.3, 0.4) is 0 Å². The number of carbonyl (C=O) groups excluding carboxylic acids is 2. The van der Waals surface area contributed by atoms with Gasteiger partial charge in [-0.2, -0.15) is 0 Å². The first-order chi connectivity index (χ1) is 9.72. The van der Waals surface area contributed by atoms with Crippen molar-refractivity contribution in [2.75, 3.05) is 6.61 Å². The summed E-state index contributed by atoms with van der Waals surface area (Å²) < 4.78 is 5.29. The van der Waals surface area contributed by atoms with Gasteiger partial charge in [0.25, 0.3) is 0 Å². The number of aromatic nitrogens is 2. The topological polar surface area (TPSA) is 69.2 Å². The van der Waals surface area contributed by atoms with E-state index in [2.05, 4.69) is 9.97 Å². The third-order valence-corrected chi connectivity index (χ3v) is 2.66. The number of hydrogen-bond acceptors (Lipinski definition) is 5. The summed E-state index contributed by atoms with van der Waals surface area (Å²) in [5.74, 6) is -0.316. The number of nitrogens with zero attached hydrogens (tertiary/aromatic N) is 2. The smallest absolute Gasteiger partial charge is 0.224 e. The summed E-state index contributed by atoms with van der Waals surface area (Å²) in [7, 11) is 0. The van der Waals surface area contributed by atoms with Crippen molar-refractivity contribution < 1.29 is 14.3 Å². The largest absolute Gasteiger partial charge is 0.477 e. The molecule has 0 saturated heterocycles. The zero-order chi connectivity index (χ0) is 14.4. The molecule has 2 aromatic heterocycles. The van der Waals surface area contributed by atoms with Gasteiger partial charge in [-0.1, -0.05) is 0 Å². The standard InChI is InChI=1S/C15H14N2O3/c1-2-20-15-12(6-4-8-17-15)14(19)9-13(18)11-5-3-7-16-10-11/h3-8,10H,2,9H2,1H3. The molecule has 0 N–H and O–H groups in total. The lowest BCUT2D eigenvalue weighted by Crippen LogP contribution is -2.11. The minimum atomic E-state index is -0.310. The zero-order valence-electron chi connectivity index (χ0n) is 11.1. The Hall–Kier alpha value is -2.56. The lowest BCUT2D eigenvalue weighted by atomic mass is 10.0. The third kappa shape index (κ3) is 3.26. The van der Waals surface area contributed by atoms with Crippen LogP contribution in [0.5, 0.6) is 5.88 Å². The fourth-order valence-electron chi connectivity index (χ4n) is 1.73. The van der Waals surface area contributed by atoms with Crippen LogP contribution in [0, 0.1) is 0 Å². The van der Waals surface area contributed by atoms with Gasteiger partial charge in [0, 0.05) is 24.2 Å². The second-order valence-electron chi connectivity index (χ2n) is 4.05. The Kier molecular flexibility index (Phi) is 4.55. The van der Waals surface area contributed by atoms with Gasteiger partial charge in [-0.25, -0.2) is 4.98 Å². The first-order valence-electron chi connectivity index (χ1n) is 6.26. The lowest BCUT2D eigenvalue weighted by molar-refractivity contribution is 0.0892. The van der Waals surface area contributed by atoms with E-state index in [4.69, 9.17) is 4.74 Å². The molecular formula is C15H14N2O3. The lowest BCUT2D eigenvalue weighted by Gasteiger charge is -2.07. The van der Waals surface area contributed by atoms with Crippen LogP contribution in [-0.4, -0.2) is 28.1 Å². The van der Waals surface area contributed by atoms with Gasteiger partial charge in [-0.15, -0.1) is 0 Å². The molecule has 20 heavy (non-hydrogen) atoms. The first kappa shape index (κ1) is 13.9. The predicted molar refractivity (Wildman–Crippen MR) is 72.9 cm³/mol. The van der Waals surface area contributed by atoms with Gasteiger partial charge in [0.05, 0.1) is 18.6 Å². The van der Waals surface area contributed by atoms with Crippen LogP contribution in [0.2, 0.25) is 0 Å². The first-order valence-corrected chi connectivity index (χ1v) is 6.26. The normalized spacial score (nSPS) is 10.1. The Balaban J connectivity index is 2.15. The Morgan fingerprint density at radius 2 is 1.95 bits per heavy atom. The number of ether oxygens (including phenoxy) is 1. The van der Waals surface area contributed by atoms with Crippen LogP contribution in [0.15, 0.2) is 42.9 Å². The molecule has 0 fully saturated rings. The summed E-state index contributed by atoms with van der Waals surface area (Å²) in [6.45, 7) is 2.22. The molecule has 5 nitrogen and oxygen atoms in total. The second kappa shape index (κ2) is 6.56. The van der Waals surface area contributed by atoms with Crippen LogP contribution in [0.25, 0.3) is 0 Å². The van der Waals surface area contributed by atoms with E-state index < -0.39 is 0 Å². The van der Waals surface area contributed by atoms with Crippen molar-refractivity contribution in [2.24, 2.45) is 0 Å². The molecule has 0 aliphatic rings. The molecule has 2 aromatic rings. The van der Waals surface area contributed by atoms with Gasteiger partial charge >= 0.3 is 0 Å². The minimum Gasteiger partial charge on any atom is -0.477 e. The molecule has 0 saturated carbocycles. The van der Waals surface area contributed by atoms with Gasteiger partial charge in [0.15, 0.2) is 11.6 Å². The van der Waals surface area contributed by atoms with Crippen molar-refractivity contribution in [1.29, 1.82) is 0 Å². The molecule has 0 aliphatic carbocycles. The molecular weight excluding hydrogens is 256 g/mol. The fourth-order valence-corrected chi connectivity index (χ4v) is 1.73. The van der Waals surface area contributed by atoms with Gasteiger partial charge in [0.2, 0.25) is 5.88 Å². The number of hydrogen-bond donors (Lipinski definition) is 0. The van der Waals surface area contributed by atoms with Crippen LogP contribution in [0.4, 0.5) is 0 Å². The number of ketones is 2. The Morgan fingerprint density at radius 3 is 2.65 bits per heavy atom. The molecule has 0 aliphatic heterocycles. The van der Waals surface area contributed by atoms with Crippen molar-refractivity contribution in [3.05, 3.63) is 54.0 Å². The van der Waals surface area contributed by atoms with Crippen molar-refractivity contribution in [3.8, 4) is 5.88 Å². The van der Waals surface area contributed by atoms with Crippen molar-refractivity contribution >= 4 is 11.6 Å². The molecule has 0 spiro atoms. The van der Waals surface area contributed by atoms with Gasteiger partial charge in [-0.3, -0.25) is 14.6 Å². The van der Waals surface area contributed by atoms with Crippen molar-refractivity contribution in [1.82, 2.24) is 9.97 Å². The van der Waals surface area contributed by atoms with E-state index >= 15 is 0 Å². The molecule has 0 aromatic carbocycles. The highest BCUT2D eigenvalue weighted by Crippen LogP contribution is 2.17. The van der Waals surface area contributed by atoms with E-state index in [1.165, 1.54) is 6.20 Å². The number of pyridine rings is 2. The fraction of sp³-hybridized carbons (Fsp3) is 0.200. The van der Waals surface area contributed by atoms with Gasteiger partial charge < -0.3 is 4.74 Å². The zero-order valence-corrected chi connectivity index (χ0v) is 11.1. The van der Waals surface area contributed by atoms with E-state index in [9.17, 15) is 9.59 Å². The summed E-state index contributed by atoms with van der Waals surface area (Å²) in [4.78, 5) is 32.0. The quantitative estimate of drug-likeness (QED) is 0.595. The highest BCUT2D eigenvalue weighted by molar-refractivity contribution is 6.14. The number of Topliss-reactive ketones (excluding diaryl/α,β-unsaturated/α-hetero) is 2. The van der Waals surface area contributed by atoms with Gasteiger partial charge in [-0.05, 0) is 31.2 Å². The maximum absolute atomic E-state index is 12.2. The summed E-state index contributed by atoms with van der Waals surface area (Å²) in [6.07, 6.45) is 4.34. The summed E-state index contributed by atoms with van der Waals surface area (Å²) >= 11 is 0. The highest BCUT2D eigenvalue weighted by Gasteiger charge is 2.18. The van der Waals surface area contributed by atoms with E-state index in [0.717, 1.165) is 0 Å². The van der Waals surface area contributed by atoms with E-state index in [1.54, 1.807) is 36.7 Å². The van der Waals surface area contributed by atoms with E-state index in [0.29, 0.717) is 17.7 Å². The molecule has 0 amide bonds. The van der Waals surface area contributed by atoms with Crippen LogP contribution >= 0.6 is 0 Å². The van der Waals surface area contributed by atoms with Crippen molar-refractivity contribution in [3.63, 3.8) is 0 Å². The summed E-state index contributed by atoms with van der Waals surface area (Å²) in [5, 5.41) is 0. The highest BCUT2D eigenvalue weighted by atomic mass is 16.5. The average molecular weight is 270 g/mol. The van der Waals surface area contributed by atoms with Gasteiger partial charge in [0.1, 0.15) is 0 Å². The summed E-state index contributed by atoms with van der Waals surface area (Å²) in [5.41, 5.74) is 0.745. The third-order valence-electron chi connectivity index (χ3n) is 2.66.